The molecule has 0 spiro atoms. The molecule has 0 unspecified atom stereocenters. The first-order chi connectivity index (χ1) is 6.55. The highest BCUT2D eigenvalue weighted by Gasteiger charge is 2.48. The molecule has 0 aliphatic carbocycles. The molecule has 0 aromatic rings. The summed E-state index contributed by atoms with van der Waals surface area (Å²) in [5.74, 6) is 0. The Morgan fingerprint density at radius 3 is 1.73 bits per heavy atom. The summed E-state index contributed by atoms with van der Waals surface area (Å²) in [6, 6.07) is 0. The highest BCUT2D eigenvalue weighted by molar-refractivity contribution is 4.92. The molecule has 1 fully saturated rings. The minimum Gasteiger partial charge on any atom is -0.199 e. The van der Waals surface area contributed by atoms with Gasteiger partial charge in [0.25, 0.3) is 0 Å². The van der Waals surface area contributed by atoms with Crippen molar-refractivity contribution >= 4 is 0 Å². The van der Waals surface area contributed by atoms with Crippen molar-refractivity contribution < 1.29 is 18.0 Å². The van der Waals surface area contributed by atoms with Crippen molar-refractivity contribution in [1.82, 2.24) is 5.06 Å². The third kappa shape index (κ3) is 3.08. The zero-order valence-corrected chi connectivity index (χ0v) is 9.61. The number of hydrogen-bond acceptors (Lipinski definition) is 2. The molecular formula is C10H18F3NO. The predicted molar refractivity (Wildman–Crippen MR) is 51.0 cm³/mol. The monoisotopic (exact) mass is 225 g/mol. The van der Waals surface area contributed by atoms with Crippen LogP contribution >= 0.6 is 0 Å². The molecule has 0 bridgehead atoms. The highest BCUT2D eigenvalue weighted by Crippen LogP contribution is 2.40. The summed E-state index contributed by atoms with van der Waals surface area (Å²) < 4.78 is 36.8. The Kier molecular flexibility index (Phi) is 3.09. The van der Waals surface area contributed by atoms with E-state index in [0.717, 1.165) is 11.5 Å². The van der Waals surface area contributed by atoms with Crippen LogP contribution in [0.5, 0.6) is 0 Å². The van der Waals surface area contributed by atoms with Crippen molar-refractivity contribution in [2.45, 2.75) is 64.4 Å². The second kappa shape index (κ2) is 3.63. The SMILES string of the molecule is CC1(C)CCCC(C)(C)N1OC(F)(F)F. The van der Waals surface area contributed by atoms with Gasteiger partial charge in [0.1, 0.15) is 0 Å². The predicted octanol–water partition coefficient (Wildman–Crippen LogP) is 3.48. The van der Waals surface area contributed by atoms with E-state index in [9.17, 15) is 13.2 Å². The maximum atomic E-state index is 12.3. The van der Waals surface area contributed by atoms with Gasteiger partial charge in [-0.25, -0.2) is 0 Å². The molecule has 0 radical (unpaired) electrons. The topological polar surface area (TPSA) is 12.5 Å². The van der Waals surface area contributed by atoms with E-state index in [0.29, 0.717) is 12.8 Å². The van der Waals surface area contributed by atoms with Gasteiger partial charge in [0.05, 0.1) is 0 Å². The molecule has 0 aromatic carbocycles. The number of hydroxylamine groups is 2. The second-order valence-corrected chi connectivity index (χ2v) is 5.31. The summed E-state index contributed by atoms with van der Waals surface area (Å²) >= 11 is 0. The van der Waals surface area contributed by atoms with Gasteiger partial charge >= 0.3 is 6.36 Å². The van der Waals surface area contributed by atoms with Crippen LogP contribution < -0.4 is 0 Å². The molecular weight excluding hydrogens is 207 g/mol. The van der Waals surface area contributed by atoms with Crippen LogP contribution in [0.3, 0.4) is 0 Å². The molecule has 1 aliphatic rings. The first kappa shape index (κ1) is 12.8. The third-order valence-electron chi connectivity index (χ3n) is 2.87. The van der Waals surface area contributed by atoms with Gasteiger partial charge in [0.15, 0.2) is 0 Å². The van der Waals surface area contributed by atoms with Gasteiger partial charge in [0, 0.05) is 11.1 Å². The van der Waals surface area contributed by atoms with Crippen LogP contribution in [0, 0.1) is 0 Å². The average molecular weight is 225 g/mol. The quantitative estimate of drug-likeness (QED) is 0.677. The Bertz CT molecular complexity index is 219. The largest absolute Gasteiger partial charge is 0.539 e. The van der Waals surface area contributed by atoms with Gasteiger partial charge in [-0.3, -0.25) is 0 Å². The maximum absolute atomic E-state index is 12.3. The van der Waals surface area contributed by atoms with Gasteiger partial charge in [-0.05, 0) is 47.0 Å². The van der Waals surface area contributed by atoms with Crippen LogP contribution in [0.1, 0.15) is 47.0 Å². The molecule has 15 heavy (non-hydrogen) atoms. The molecule has 1 heterocycles. The second-order valence-electron chi connectivity index (χ2n) is 5.31. The number of halogens is 3. The van der Waals surface area contributed by atoms with E-state index in [-0.39, 0.29) is 0 Å². The van der Waals surface area contributed by atoms with Gasteiger partial charge < -0.3 is 0 Å². The molecule has 90 valence electrons. The van der Waals surface area contributed by atoms with Crippen molar-refractivity contribution in [3.05, 3.63) is 0 Å². The third-order valence-corrected chi connectivity index (χ3v) is 2.87. The van der Waals surface area contributed by atoms with E-state index in [1.165, 1.54) is 0 Å². The van der Waals surface area contributed by atoms with Gasteiger partial charge in [-0.1, -0.05) is 0 Å². The normalized spacial score (nSPS) is 26.6. The average Bonchev–Trinajstić information content (AvgIpc) is 1.95. The molecule has 0 saturated carbocycles. The van der Waals surface area contributed by atoms with Crippen molar-refractivity contribution in [2.75, 3.05) is 0 Å². The van der Waals surface area contributed by atoms with E-state index in [2.05, 4.69) is 4.84 Å². The number of hydrogen-bond donors (Lipinski definition) is 0. The minimum atomic E-state index is -4.61. The fourth-order valence-electron chi connectivity index (χ4n) is 2.33. The zero-order valence-electron chi connectivity index (χ0n) is 9.61. The Hall–Kier alpha value is -0.290. The van der Waals surface area contributed by atoms with E-state index < -0.39 is 17.4 Å². The van der Waals surface area contributed by atoms with Crippen molar-refractivity contribution in [2.24, 2.45) is 0 Å². The lowest BCUT2D eigenvalue weighted by atomic mass is 9.82. The number of alkyl halides is 3. The fourth-order valence-corrected chi connectivity index (χ4v) is 2.33. The van der Waals surface area contributed by atoms with Gasteiger partial charge in [-0.15, -0.1) is 13.2 Å². The standard InChI is InChI=1S/C10H18F3NO/c1-8(2)6-5-7-9(3,4)14(8)15-10(11,12)13/h5-7H2,1-4H3. The van der Waals surface area contributed by atoms with Crippen LogP contribution in [0.25, 0.3) is 0 Å². The maximum Gasteiger partial charge on any atom is 0.539 e. The molecule has 1 aliphatic heterocycles. The van der Waals surface area contributed by atoms with Crippen LogP contribution in [-0.4, -0.2) is 22.5 Å². The van der Waals surface area contributed by atoms with E-state index in [4.69, 9.17) is 0 Å². The summed E-state index contributed by atoms with van der Waals surface area (Å²) in [6.07, 6.45) is -2.25. The zero-order chi connectivity index (χ0) is 11.9. The minimum absolute atomic E-state index is 0.572. The van der Waals surface area contributed by atoms with Crippen LogP contribution in [0.4, 0.5) is 13.2 Å². The Balaban J connectivity index is 2.87. The molecule has 5 heteroatoms. The smallest absolute Gasteiger partial charge is 0.199 e. The lowest BCUT2D eigenvalue weighted by Gasteiger charge is -2.51. The molecule has 1 saturated heterocycles. The molecule has 0 atom stereocenters. The van der Waals surface area contributed by atoms with Crippen molar-refractivity contribution in [3.63, 3.8) is 0 Å². The molecule has 2 nitrogen and oxygen atoms in total. The summed E-state index contributed by atoms with van der Waals surface area (Å²) in [5, 5.41) is 1.10. The summed E-state index contributed by atoms with van der Waals surface area (Å²) in [6.45, 7) is 7.11. The fraction of sp³-hybridized carbons (Fsp3) is 1.00. The van der Waals surface area contributed by atoms with E-state index in [1.807, 2.05) is 0 Å². The number of nitrogens with zero attached hydrogens (tertiary/aromatic N) is 1. The van der Waals surface area contributed by atoms with Crippen molar-refractivity contribution in [1.29, 1.82) is 0 Å². The lowest BCUT2D eigenvalue weighted by Crippen LogP contribution is -2.59. The molecule has 0 amide bonds. The number of piperidine rings is 1. The van der Waals surface area contributed by atoms with E-state index in [1.54, 1.807) is 27.7 Å². The molecule has 1 rings (SSSR count). The Labute approximate surface area is 88.3 Å². The Morgan fingerprint density at radius 2 is 1.40 bits per heavy atom. The first-order valence-corrected chi connectivity index (χ1v) is 5.11. The molecule has 0 aromatic heterocycles. The number of rotatable bonds is 1. The summed E-state index contributed by atoms with van der Waals surface area (Å²) in [5.41, 5.74) is -1.14. The van der Waals surface area contributed by atoms with Crippen LogP contribution in [0.15, 0.2) is 0 Å². The van der Waals surface area contributed by atoms with Crippen molar-refractivity contribution in [3.8, 4) is 0 Å². The molecule has 0 N–H and O–H groups in total. The highest BCUT2D eigenvalue weighted by atomic mass is 19.4. The van der Waals surface area contributed by atoms with E-state index >= 15 is 0 Å². The Morgan fingerprint density at radius 1 is 1.00 bits per heavy atom. The van der Waals surface area contributed by atoms with Crippen LogP contribution in [0.2, 0.25) is 0 Å². The van der Waals surface area contributed by atoms with Gasteiger partial charge in [0.2, 0.25) is 0 Å². The van der Waals surface area contributed by atoms with Crippen LogP contribution in [-0.2, 0) is 4.84 Å². The lowest BCUT2D eigenvalue weighted by molar-refractivity contribution is -0.454. The summed E-state index contributed by atoms with van der Waals surface area (Å²) in [4.78, 5) is 4.14. The van der Waals surface area contributed by atoms with Gasteiger partial charge in [-0.2, -0.15) is 9.90 Å². The first-order valence-electron chi connectivity index (χ1n) is 5.11. The summed E-state index contributed by atoms with van der Waals surface area (Å²) in [7, 11) is 0.